The molecule has 0 saturated heterocycles. The summed E-state index contributed by atoms with van der Waals surface area (Å²) >= 11 is 0. The molecule has 0 fully saturated rings. The molecule has 2 heterocycles. The van der Waals surface area contributed by atoms with Gasteiger partial charge in [-0.2, -0.15) is 0 Å². The third-order valence-electron chi connectivity index (χ3n) is 3.90. The second kappa shape index (κ2) is 4.42. The Hall–Kier alpha value is -2.68. The van der Waals surface area contributed by atoms with Gasteiger partial charge in [-0.15, -0.1) is 5.10 Å². The topological polar surface area (TPSA) is 30.2 Å². The van der Waals surface area contributed by atoms with E-state index in [9.17, 15) is 0 Å². The summed E-state index contributed by atoms with van der Waals surface area (Å²) in [5, 5.41) is 7.04. The van der Waals surface area contributed by atoms with Gasteiger partial charge in [-0.05, 0) is 19.2 Å². The van der Waals surface area contributed by atoms with Crippen LogP contribution in [0.2, 0.25) is 0 Å². The Morgan fingerprint density at radius 1 is 0.905 bits per heavy atom. The standard InChI is InChI=1S/C18H15N3/c1-12-7-9-14(10-8-12)17-19-18-13(2)16-6-4-3-5-15(16)11-21(18)20-17/h3-11H,1-2H3. The first-order valence-electron chi connectivity index (χ1n) is 7.04. The number of pyridine rings is 1. The van der Waals surface area contributed by atoms with Gasteiger partial charge >= 0.3 is 0 Å². The Morgan fingerprint density at radius 2 is 1.67 bits per heavy atom. The minimum Gasteiger partial charge on any atom is -0.220 e. The summed E-state index contributed by atoms with van der Waals surface area (Å²) in [6.07, 6.45) is 2.04. The van der Waals surface area contributed by atoms with Crippen LogP contribution in [0.25, 0.3) is 27.8 Å². The number of nitrogens with zero attached hydrogens (tertiary/aromatic N) is 3. The molecular weight excluding hydrogens is 258 g/mol. The van der Waals surface area contributed by atoms with Gasteiger partial charge in [0.25, 0.3) is 0 Å². The lowest BCUT2D eigenvalue weighted by atomic mass is 10.1. The Balaban J connectivity index is 1.99. The van der Waals surface area contributed by atoms with Crippen LogP contribution < -0.4 is 0 Å². The van der Waals surface area contributed by atoms with Gasteiger partial charge in [-0.1, -0.05) is 54.1 Å². The second-order valence-corrected chi connectivity index (χ2v) is 5.41. The molecule has 2 aromatic heterocycles. The highest BCUT2D eigenvalue weighted by Crippen LogP contribution is 2.24. The fourth-order valence-corrected chi connectivity index (χ4v) is 2.70. The van der Waals surface area contributed by atoms with E-state index in [0.717, 1.165) is 17.0 Å². The maximum atomic E-state index is 4.71. The Kier molecular flexibility index (Phi) is 2.54. The first-order chi connectivity index (χ1) is 10.2. The van der Waals surface area contributed by atoms with Crippen LogP contribution in [0.3, 0.4) is 0 Å². The molecule has 0 N–H and O–H groups in total. The van der Waals surface area contributed by atoms with Gasteiger partial charge in [0.15, 0.2) is 11.5 Å². The van der Waals surface area contributed by atoms with Crippen molar-refractivity contribution < 1.29 is 0 Å². The summed E-state index contributed by atoms with van der Waals surface area (Å²) < 4.78 is 1.88. The van der Waals surface area contributed by atoms with Gasteiger partial charge < -0.3 is 0 Å². The van der Waals surface area contributed by atoms with Crippen molar-refractivity contribution in [3.63, 3.8) is 0 Å². The number of hydrogen-bond donors (Lipinski definition) is 0. The molecule has 0 aliphatic heterocycles. The number of hydrogen-bond acceptors (Lipinski definition) is 2. The van der Waals surface area contributed by atoms with Gasteiger partial charge in [0.2, 0.25) is 0 Å². The van der Waals surface area contributed by atoms with Crippen molar-refractivity contribution in [2.75, 3.05) is 0 Å². The lowest BCUT2D eigenvalue weighted by Crippen LogP contribution is -1.91. The monoisotopic (exact) mass is 273 g/mol. The van der Waals surface area contributed by atoms with E-state index in [4.69, 9.17) is 4.98 Å². The summed E-state index contributed by atoms with van der Waals surface area (Å²) in [6.45, 7) is 4.18. The van der Waals surface area contributed by atoms with E-state index in [1.807, 2.05) is 16.8 Å². The molecule has 0 aliphatic rings. The molecule has 3 heteroatoms. The molecule has 3 nitrogen and oxygen atoms in total. The van der Waals surface area contributed by atoms with Crippen molar-refractivity contribution in [3.8, 4) is 11.4 Å². The number of fused-ring (bicyclic) bond motifs is 2. The summed E-state index contributed by atoms with van der Waals surface area (Å²) in [5.41, 5.74) is 4.38. The van der Waals surface area contributed by atoms with Crippen LogP contribution in [0, 0.1) is 13.8 Å². The highest BCUT2D eigenvalue weighted by Gasteiger charge is 2.10. The zero-order chi connectivity index (χ0) is 14.4. The van der Waals surface area contributed by atoms with E-state index in [-0.39, 0.29) is 0 Å². The first kappa shape index (κ1) is 12.1. The van der Waals surface area contributed by atoms with Gasteiger partial charge in [-0.3, -0.25) is 0 Å². The molecule has 0 unspecified atom stereocenters. The molecule has 0 radical (unpaired) electrons. The van der Waals surface area contributed by atoms with Gasteiger partial charge in [0.1, 0.15) is 0 Å². The van der Waals surface area contributed by atoms with Crippen molar-refractivity contribution in [2.24, 2.45) is 0 Å². The molecule has 102 valence electrons. The Labute approximate surface area is 122 Å². The van der Waals surface area contributed by atoms with Gasteiger partial charge in [0.05, 0.1) is 0 Å². The van der Waals surface area contributed by atoms with Crippen molar-refractivity contribution in [1.82, 2.24) is 14.6 Å². The third kappa shape index (κ3) is 1.89. The van der Waals surface area contributed by atoms with E-state index < -0.39 is 0 Å². The van der Waals surface area contributed by atoms with E-state index in [1.165, 1.54) is 21.9 Å². The van der Waals surface area contributed by atoms with Crippen LogP contribution in [0.1, 0.15) is 11.1 Å². The maximum Gasteiger partial charge on any atom is 0.182 e. The summed E-state index contributed by atoms with van der Waals surface area (Å²) in [5.74, 6) is 0.772. The lowest BCUT2D eigenvalue weighted by molar-refractivity contribution is 0.970. The van der Waals surface area contributed by atoms with E-state index >= 15 is 0 Å². The zero-order valence-electron chi connectivity index (χ0n) is 12.0. The van der Waals surface area contributed by atoms with Gasteiger partial charge in [0, 0.05) is 22.7 Å². The molecule has 0 aliphatic carbocycles. The fourth-order valence-electron chi connectivity index (χ4n) is 2.70. The average Bonchev–Trinajstić information content (AvgIpc) is 2.92. The summed E-state index contributed by atoms with van der Waals surface area (Å²) in [6, 6.07) is 16.7. The summed E-state index contributed by atoms with van der Waals surface area (Å²) in [4.78, 5) is 4.71. The fraction of sp³-hybridized carbons (Fsp3) is 0.111. The van der Waals surface area contributed by atoms with Crippen LogP contribution in [0.5, 0.6) is 0 Å². The maximum absolute atomic E-state index is 4.71. The molecule has 21 heavy (non-hydrogen) atoms. The minimum atomic E-state index is 0.772. The Bertz CT molecular complexity index is 949. The number of rotatable bonds is 1. The number of aryl methyl sites for hydroxylation is 2. The van der Waals surface area contributed by atoms with E-state index in [1.54, 1.807) is 0 Å². The molecular formula is C18H15N3. The largest absolute Gasteiger partial charge is 0.220 e. The van der Waals surface area contributed by atoms with Crippen molar-refractivity contribution in [1.29, 1.82) is 0 Å². The smallest absolute Gasteiger partial charge is 0.182 e. The number of aromatic nitrogens is 3. The zero-order valence-corrected chi connectivity index (χ0v) is 12.0. The molecule has 0 bridgehead atoms. The van der Waals surface area contributed by atoms with E-state index in [0.29, 0.717) is 0 Å². The third-order valence-corrected chi connectivity index (χ3v) is 3.90. The molecule has 0 saturated carbocycles. The predicted molar refractivity (Wildman–Crippen MR) is 85.4 cm³/mol. The molecule has 0 atom stereocenters. The molecule has 4 rings (SSSR count). The molecule has 2 aromatic carbocycles. The molecule has 0 spiro atoms. The van der Waals surface area contributed by atoms with Crippen molar-refractivity contribution in [3.05, 3.63) is 65.9 Å². The summed E-state index contributed by atoms with van der Waals surface area (Å²) in [7, 11) is 0. The van der Waals surface area contributed by atoms with Crippen LogP contribution in [-0.2, 0) is 0 Å². The van der Waals surface area contributed by atoms with Crippen LogP contribution in [-0.4, -0.2) is 14.6 Å². The van der Waals surface area contributed by atoms with Crippen LogP contribution >= 0.6 is 0 Å². The Morgan fingerprint density at radius 3 is 2.48 bits per heavy atom. The predicted octanol–water partition coefficient (Wildman–Crippen LogP) is 4.17. The van der Waals surface area contributed by atoms with Crippen LogP contribution in [0.4, 0.5) is 0 Å². The lowest BCUT2D eigenvalue weighted by Gasteiger charge is -2.02. The SMILES string of the molecule is Cc1ccc(-c2nc3c(C)c4ccccc4cn3n2)cc1. The molecule has 4 aromatic rings. The minimum absolute atomic E-state index is 0.772. The van der Waals surface area contributed by atoms with Gasteiger partial charge in [-0.25, -0.2) is 9.50 Å². The highest BCUT2D eigenvalue weighted by molar-refractivity contribution is 5.89. The van der Waals surface area contributed by atoms with Crippen molar-refractivity contribution >= 4 is 16.4 Å². The normalized spacial score (nSPS) is 11.3. The van der Waals surface area contributed by atoms with E-state index in [2.05, 4.69) is 61.4 Å². The first-order valence-corrected chi connectivity index (χ1v) is 7.04. The molecule has 0 amide bonds. The number of benzene rings is 2. The highest BCUT2D eigenvalue weighted by atomic mass is 15.3. The van der Waals surface area contributed by atoms with Crippen LogP contribution in [0.15, 0.2) is 54.7 Å². The van der Waals surface area contributed by atoms with Crippen molar-refractivity contribution in [2.45, 2.75) is 13.8 Å². The average molecular weight is 273 g/mol. The quantitative estimate of drug-likeness (QED) is 0.521. The second-order valence-electron chi connectivity index (χ2n) is 5.41.